The van der Waals surface area contributed by atoms with E-state index in [0.717, 1.165) is 5.56 Å². The summed E-state index contributed by atoms with van der Waals surface area (Å²) in [5.41, 5.74) is 4.71. The molecule has 6 N–H and O–H groups in total. The Morgan fingerprint density at radius 1 is 0.914 bits per heavy atom. The van der Waals surface area contributed by atoms with Crippen molar-refractivity contribution in [2.24, 2.45) is 11.3 Å². The average Bonchev–Trinajstić information content (AvgIpc) is 3.54. The molecule has 2 aromatic carbocycles. The molecule has 0 unspecified atom stereocenters. The fourth-order valence-electron chi connectivity index (χ4n) is 7.19. The zero-order valence-electron chi connectivity index (χ0n) is 33.9. The van der Waals surface area contributed by atoms with Gasteiger partial charge in [-0.3, -0.25) is 20.0 Å². The third kappa shape index (κ3) is 11.6. The lowest BCUT2D eigenvalue weighted by atomic mass is 9.86. The number of carbonyl (C=O) groups is 4. The molecule has 2 aliphatic rings. The lowest BCUT2D eigenvalue weighted by Gasteiger charge is -2.36. The second-order valence-corrected chi connectivity index (χ2v) is 16.0. The van der Waals surface area contributed by atoms with Crippen LogP contribution in [0.4, 0.5) is 9.59 Å². The molecular weight excluding hydrogens is 747 g/mol. The van der Waals surface area contributed by atoms with Crippen LogP contribution in [0.2, 0.25) is 0 Å². The van der Waals surface area contributed by atoms with Crippen LogP contribution in [0.25, 0.3) is 0 Å². The van der Waals surface area contributed by atoms with E-state index in [-0.39, 0.29) is 44.6 Å². The minimum Gasteiger partial charge on any atom is -0.486 e. The summed E-state index contributed by atoms with van der Waals surface area (Å²) in [4.78, 5) is 61.5. The number of pyridine rings is 1. The van der Waals surface area contributed by atoms with Gasteiger partial charge in [0.05, 0.1) is 36.7 Å². The van der Waals surface area contributed by atoms with Crippen molar-refractivity contribution in [1.29, 1.82) is 0 Å². The van der Waals surface area contributed by atoms with Gasteiger partial charge in [0.2, 0.25) is 5.91 Å². The summed E-state index contributed by atoms with van der Waals surface area (Å²) in [6.07, 6.45) is -1.80. The average molecular weight is 804 g/mol. The number of urea groups is 1. The summed E-state index contributed by atoms with van der Waals surface area (Å²) in [7, 11) is 0. The Labute approximate surface area is 339 Å². The minimum atomic E-state index is -1.36. The number of aliphatic hydroxyl groups excluding tert-OH is 2. The monoisotopic (exact) mass is 803 g/mol. The van der Waals surface area contributed by atoms with Gasteiger partial charge in [-0.25, -0.2) is 14.6 Å². The number of nitrogens with zero attached hydrogens (tertiary/aromatic N) is 4. The zero-order chi connectivity index (χ0) is 42.0. The summed E-state index contributed by atoms with van der Waals surface area (Å²) >= 11 is 0. The molecule has 1 fully saturated rings. The van der Waals surface area contributed by atoms with Crippen LogP contribution in [0.1, 0.15) is 63.6 Å². The fraction of sp³-hybridized carbons (Fsp3) is 0.500. The van der Waals surface area contributed by atoms with E-state index in [4.69, 9.17) is 9.47 Å². The smallest absolute Gasteiger partial charge is 0.405 e. The standard InChI is InChI=1S/C42H57N7O9/c1-6-27(2)36(49-18-17-47(41(49)56)24-30-13-10-14-31(26-50)43-30)38(52)44-32(21-28-11-8-7-9-12-28)33(51)25-48(46-39(53)37(42(3,4)5)45-40(54)55)23-29-15-16-34-35(22-29)58-20-19-57-34/h7-16,22,27,32-33,36-37,45,50-51H,6,17-21,23-26H2,1-5H3,(H,44,52)(H,46,53)(H,54,55)/t27-,32-,33-,36-,37+/m0/s1. The van der Waals surface area contributed by atoms with Crippen molar-refractivity contribution in [2.45, 2.75) is 91.4 Å². The summed E-state index contributed by atoms with van der Waals surface area (Å²) in [5.74, 6) is -0.179. The Morgan fingerprint density at radius 3 is 2.29 bits per heavy atom. The predicted molar refractivity (Wildman–Crippen MR) is 214 cm³/mol. The lowest BCUT2D eigenvalue weighted by molar-refractivity contribution is -0.132. The molecule has 3 heterocycles. The van der Waals surface area contributed by atoms with Gasteiger partial charge >= 0.3 is 12.1 Å². The quantitative estimate of drug-likeness (QED) is 0.103. The number of benzene rings is 2. The van der Waals surface area contributed by atoms with Crippen molar-refractivity contribution < 1.29 is 44.0 Å². The Morgan fingerprint density at radius 2 is 1.62 bits per heavy atom. The molecule has 1 aromatic heterocycles. The molecule has 0 radical (unpaired) electrons. The third-order valence-electron chi connectivity index (χ3n) is 10.4. The maximum atomic E-state index is 14.5. The highest BCUT2D eigenvalue weighted by Gasteiger charge is 2.41. The Balaban J connectivity index is 1.40. The van der Waals surface area contributed by atoms with E-state index in [9.17, 15) is 34.5 Å². The first-order valence-electron chi connectivity index (χ1n) is 19.7. The molecular formula is C42H57N7O9. The fourth-order valence-corrected chi connectivity index (χ4v) is 7.19. The van der Waals surface area contributed by atoms with Gasteiger partial charge in [-0.15, -0.1) is 0 Å². The molecule has 1 saturated heterocycles. The van der Waals surface area contributed by atoms with Crippen LogP contribution in [0.3, 0.4) is 0 Å². The highest BCUT2D eigenvalue weighted by Crippen LogP contribution is 2.31. The third-order valence-corrected chi connectivity index (χ3v) is 10.4. The molecule has 16 heteroatoms. The highest BCUT2D eigenvalue weighted by atomic mass is 16.6. The second kappa shape index (κ2) is 19.8. The predicted octanol–water partition coefficient (Wildman–Crippen LogP) is 3.30. The van der Waals surface area contributed by atoms with Crippen LogP contribution in [-0.2, 0) is 35.7 Å². The minimum absolute atomic E-state index is 0.0824. The van der Waals surface area contributed by atoms with E-state index < -0.39 is 47.6 Å². The van der Waals surface area contributed by atoms with E-state index >= 15 is 0 Å². The van der Waals surface area contributed by atoms with Crippen LogP contribution in [0.5, 0.6) is 11.5 Å². The number of ether oxygens (including phenoxy) is 2. The second-order valence-electron chi connectivity index (χ2n) is 16.0. The number of carbonyl (C=O) groups excluding carboxylic acids is 3. The van der Waals surface area contributed by atoms with Gasteiger partial charge in [0.25, 0.3) is 5.91 Å². The van der Waals surface area contributed by atoms with Gasteiger partial charge in [-0.1, -0.05) is 83.5 Å². The topological polar surface area (TPSA) is 206 Å². The van der Waals surface area contributed by atoms with Gasteiger partial charge in [-0.05, 0) is 53.1 Å². The zero-order valence-corrected chi connectivity index (χ0v) is 33.9. The van der Waals surface area contributed by atoms with Gasteiger partial charge in [-0.2, -0.15) is 0 Å². The number of aliphatic hydroxyl groups is 2. The maximum Gasteiger partial charge on any atom is 0.405 e. The van der Waals surface area contributed by atoms with Crippen LogP contribution < -0.4 is 25.5 Å². The number of hydrazine groups is 1. The van der Waals surface area contributed by atoms with Crippen molar-refractivity contribution in [3.8, 4) is 11.5 Å². The molecule has 5 atom stereocenters. The number of rotatable bonds is 18. The molecule has 5 rings (SSSR count). The molecule has 0 saturated carbocycles. The van der Waals surface area contributed by atoms with E-state index in [1.807, 2.05) is 50.2 Å². The van der Waals surface area contributed by atoms with Crippen LogP contribution in [-0.4, -0.2) is 116 Å². The van der Waals surface area contributed by atoms with Crippen LogP contribution >= 0.6 is 0 Å². The lowest BCUT2D eigenvalue weighted by Crippen LogP contribution is -2.60. The summed E-state index contributed by atoms with van der Waals surface area (Å²) in [6, 6.07) is 16.8. The Hall–Kier alpha value is -5.45. The van der Waals surface area contributed by atoms with Gasteiger partial charge in [0, 0.05) is 26.2 Å². The molecule has 3 aromatic rings. The first-order valence-corrected chi connectivity index (χ1v) is 19.7. The van der Waals surface area contributed by atoms with Crippen molar-refractivity contribution in [3.05, 3.63) is 89.2 Å². The van der Waals surface area contributed by atoms with Crippen molar-refractivity contribution >= 4 is 23.9 Å². The normalized spacial score (nSPS) is 16.7. The number of hydrogen-bond acceptors (Lipinski definition) is 10. The van der Waals surface area contributed by atoms with Crippen molar-refractivity contribution in [2.75, 3.05) is 32.8 Å². The molecule has 0 spiro atoms. The van der Waals surface area contributed by atoms with E-state index in [1.165, 1.54) is 5.01 Å². The molecule has 0 bridgehead atoms. The SMILES string of the molecule is CC[C@H](C)[C@@H](C(=O)N[C@@H](Cc1ccccc1)[C@@H](O)CN(Cc1ccc2c(c1)OCCO2)NC(=O)[C@@H](NC(=O)O)C(C)(C)C)N1CCN(Cc2cccc(CO)n2)C1=O. The number of fused-ring (bicyclic) bond motifs is 1. The molecule has 58 heavy (non-hydrogen) atoms. The van der Waals surface area contributed by atoms with E-state index in [0.29, 0.717) is 61.2 Å². The number of carboxylic acid groups (broad SMARTS) is 1. The summed E-state index contributed by atoms with van der Waals surface area (Å²) in [6.45, 7) is 10.5. The van der Waals surface area contributed by atoms with Crippen LogP contribution in [0, 0.1) is 11.3 Å². The van der Waals surface area contributed by atoms with E-state index in [1.54, 1.807) is 60.9 Å². The number of hydrogen-bond donors (Lipinski definition) is 6. The van der Waals surface area contributed by atoms with Crippen molar-refractivity contribution in [3.63, 3.8) is 0 Å². The molecule has 0 aliphatic carbocycles. The highest BCUT2D eigenvalue weighted by molar-refractivity contribution is 5.88. The Bertz CT molecular complexity index is 1870. The first-order chi connectivity index (χ1) is 27.7. The number of amides is 5. The van der Waals surface area contributed by atoms with E-state index in [2.05, 4.69) is 21.0 Å². The number of nitrogens with one attached hydrogen (secondary N) is 3. The molecule has 16 nitrogen and oxygen atoms in total. The van der Waals surface area contributed by atoms with Gasteiger partial charge in [0.15, 0.2) is 11.5 Å². The summed E-state index contributed by atoms with van der Waals surface area (Å²) < 4.78 is 11.5. The molecule has 2 aliphatic heterocycles. The Kier molecular flexibility index (Phi) is 14.9. The molecule has 5 amide bonds. The molecule has 314 valence electrons. The maximum absolute atomic E-state index is 14.5. The number of aromatic nitrogens is 1. The first kappa shape index (κ1) is 43.7. The van der Waals surface area contributed by atoms with Gasteiger partial charge in [0.1, 0.15) is 25.3 Å². The largest absolute Gasteiger partial charge is 0.486 e. The summed E-state index contributed by atoms with van der Waals surface area (Å²) in [5, 5.41) is 38.1. The van der Waals surface area contributed by atoms with Crippen molar-refractivity contribution in [1.82, 2.24) is 35.9 Å². The van der Waals surface area contributed by atoms with Gasteiger partial charge < -0.3 is 45.2 Å². The van der Waals surface area contributed by atoms with Crippen LogP contribution in [0.15, 0.2) is 66.7 Å².